The van der Waals surface area contributed by atoms with Crippen molar-refractivity contribution < 1.29 is 0 Å². The van der Waals surface area contributed by atoms with Gasteiger partial charge in [0.1, 0.15) is 0 Å². The van der Waals surface area contributed by atoms with Crippen LogP contribution in [0.15, 0.2) is 0 Å². The number of hydrogen-bond acceptors (Lipinski definition) is 2. The molecule has 2 aliphatic carbocycles. The van der Waals surface area contributed by atoms with Crippen molar-refractivity contribution in [1.82, 2.24) is 10.2 Å². The second-order valence-electron chi connectivity index (χ2n) is 7.87. The molecule has 2 saturated carbocycles. The van der Waals surface area contributed by atoms with Crippen LogP contribution in [0.4, 0.5) is 0 Å². The minimum Gasteiger partial charge on any atom is -0.308 e. The van der Waals surface area contributed by atoms with E-state index in [2.05, 4.69) is 31.0 Å². The highest BCUT2D eigenvalue weighted by atomic mass is 15.3. The first-order chi connectivity index (χ1) is 9.08. The largest absolute Gasteiger partial charge is 0.308 e. The van der Waals surface area contributed by atoms with Crippen molar-refractivity contribution in [3.05, 3.63) is 0 Å². The number of nitrogens with zero attached hydrogens (tertiary/aromatic N) is 1. The maximum atomic E-state index is 3.97. The van der Waals surface area contributed by atoms with Gasteiger partial charge in [0.05, 0.1) is 0 Å². The van der Waals surface area contributed by atoms with Crippen LogP contribution in [0.25, 0.3) is 0 Å². The monoisotopic (exact) mass is 264 g/mol. The van der Waals surface area contributed by atoms with E-state index < -0.39 is 0 Å². The predicted molar refractivity (Wildman–Crippen MR) is 81.4 cm³/mol. The second-order valence-corrected chi connectivity index (χ2v) is 7.87. The molecule has 3 rings (SSSR count). The second kappa shape index (κ2) is 5.04. The van der Waals surface area contributed by atoms with Crippen LogP contribution in [0.5, 0.6) is 0 Å². The van der Waals surface area contributed by atoms with Gasteiger partial charge in [-0.2, -0.15) is 0 Å². The van der Waals surface area contributed by atoms with Crippen LogP contribution in [0.3, 0.4) is 0 Å². The van der Waals surface area contributed by atoms with Crippen LogP contribution in [-0.4, -0.2) is 35.6 Å². The highest BCUT2D eigenvalue weighted by Gasteiger charge is 2.51. The molecule has 0 bridgehead atoms. The molecule has 0 amide bonds. The SMILES string of the molecule is CCC(C)CN1CC(C)(C2CC2)NCC12CCCC2. The third kappa shape index (κ3) is 2.58. The molecule has 1 spiro atoms. The van der Waals surface area contributed by atoms with E-state index in [9.17, 15) is 0 Å². The minimum atomic E-state index is 0.404. The molecular formula is C17H32N2. The highest BCUT2D eigenvalue weighted by Crippen LogP contribution is 2.46. The molecule has 2 atom stereocenters. The number of piperazine rings is 1. The Hall–Kier alpha value is -0.0800. The maximum absolute atomic E-state index is 3.97. The summed E-state index contributed by atoms with van der Waals surface area (Å²) >= 11 is 0. The molecule has 0 aromatic rings. The smallest absolute Gasteiger partial charge is 0.0335 e. The normalized spacial score (nSPS) is 36.8. The van der Waals surface area contributed by atoms with Crippen LogP contribution in [0, 0.1) is 11.8 Å². The fraction of sp³-hybridized carbons (Fsp3) is 1.00. The Bertz CT molecular complexity index is 317. The maximum Gasteiger partial charge on any atom is 0.0335 e. The first-order valence-electron chi connectivity index (χ1n) is 8.58. The first-order valence-corrected chi connectivity index (χ1v) is 8.58. The molecule has 1 aliphatic heterocycles. The molecule has 0 radical (unpaired) electrons. The molecule has 1 heterocycles. The van der Waals surface area contributed by atoms with Gasteiger partial charge in [0, 0.05) is 30.7 Å². The molecule has 3 fully saturated rings. The lowest BCUT2D eigenvalue weighted by atomic mass is 9.83. The predicted octanol–water partition coefficient (Wildman–Crippen LogP) is 3.42. The Kier molecular flexibility index (Phi) is 3.68. The summed E-state index contributed by atoms with van der Waals surface area (Å²) in [6.45, 7) is 11.1. The van der Waals surface area contributed by atoms with Crippen molar-refractivity contribution in [1.29, 1.82) is 0 Å². The van der Waals surface area contributed by atoms with Gasteiger partial charge in [0.15, 0.2) is 0 Å². The van der Waals surface area contributed by atoms with E-state index in [4.69, 9.17) is 0 Å². The van der Waals surface area contributed by atoms with Gasteiger partial charge in [0.25, 0.3) is 0 Å². The molecule has 19 heavy (non-hydrogen) atoms. The van der Waals surface area contributed by atoms with E-state index in [-0.39, 0.29) is 0 Å². The number of nitrogens with one attached hydrogen (secondary N) is 1. The lowest BCUT2D eigenvalue weighted by Crippen LogP contribution is -2.69. The van der Waals surface area contributed by atoms with Gasteiger partial charge in [-0.25, -0.2) is 0 Å². The Balaban J connectivity index is 1.75. The fourth-order valence-electron chi connectivity index (χ4n) is 4.38. The molecule has 1 N–H and O–H groups in total. The van der Waals surface area contributed by atoms with Crippen molar-refractivity contribution in [3.63, 3.8) is 0 Å². The van der Waals surface area contributed by atoms with Gasteiger partial charge in [-0.1, -0.05) is 33.1 Å². The summed E-state index contributed by atoms with van der Waals surface area (Å²) in [5.41, 5.74) is 0.916. The molecule has 3 aliphatic rings. The van der Waals surface area contributed by atoms with Crippen LogP contribution in [0.2, 0.25) is 0 Å². The van der Waals surface area contributed by atoms with Gasteiger partial charge in [-0.15, -0.1) is 0 Å². The summed E-state index contributed by atoms with van der Waals surface area (Å²) in [7, 11) is 0. The summed E-state index contributed by atoms with van der Waals surface area (Å²) in [6.07, 6.45) is 9.97. The summed E-state index contributed by atoms with van der Waals surface area (Å²) in [5.74, 6) is 1.80. The molecule has 0 aromatic heterocycles. The minimum absolute atomic E-state index is 0.404. The summed E-state index contributed by atoms with van der Waals surface area (Å²) < 4.78 is 0. The topological polar surface area (TPSA) is 15.3 Å². The van der Waals surface area contributed by atoms with Gasteiger partial charge < -0.3 is 5.32 Å². The zero-order valence-corrected chi connectivity index (χ0v) is 13.2. The summed E-state index contributed by atoms with van der Waals surface area (Å²) in [6, 6.07) is 0. The van der Waals surface area contributed by atoms with E-state index >= 15 is 0 Å². The Morgan fingerprint density at radius 1 is 1.26 bits per heavy atom. The fourth-order valence-corrected chi connectivity index (χ4v) is 4.38. The Morgan fingerprint density at radius 3 is 2.53 bits per heavy atom. The van der Waals surface area contributed by atoms with Crippen molar-refractivity contribution in [3.8, 4) is 0 Å². The van der Waals surface area contributed by atoms with Gasteiger partial charge in [-0.05, 0) is 44.4 Å². The van der Waals surface area contributed by atoms with E-state index in [1.165, 1.54) is 64.6 Å². The first kappa shape index (κ1) is 13.9. The summed E-state index contributed by atoms with van der Waals surface area (Å²) in [4.78, 5) is 2.91. The average Bonchev–Trinajstić information content (AvgIpc) is 3.16. The third-order valence-electron chi connectivity index (χ3n) is 6.25. The summed E-state index contributed by atoms with van der Waals surface area (Å²) in [5, 5.41) is 3.97. The van der Waals surface area contributed by atoms with E-state index in [1.54, 1.807) is 0 Å². The van der Waals surface area contributed by atoms with Crippen molar-refractivity contribution in [2.75, 3.05) is 19.6 Å². The molecule has 2 nitrogen and oxygen atoms in total. The highest BCUT2D eigenvalue weighted by molar-refractivity contribution is 5.10. The van der Waals surface area contributed by atoms with Gasteiger partial charge in [-0.3, -0.25) is 4.90 Å². The lowest BCUT2D eigenvalue weighted by Gasteiger charge is -2.53. The Morgan fingerprint density at radius 2 is 1.95 bits per heavy atom. The molecule has 1 saturated heterocycles. The van der Waals surface area contributed by atoms with Crippen LogP contribution < -0.4 is 5.32 Å². The third-order valence-corrected chi connectivity index (χ3v) is 6.25. The average molecular weight is 264 g/mol. The van der Waals surface area contributed by atoms with Crippen LogP contribution in [0.1, 0.15) is 65.7 Å². The molecule has 0 aromatic carbocycles. The molecule has 110 valence electrons. The van der Waals surface area contributed by atoms with Crippen molar-refractivity contribution in [2.45, 2.75) is 76.8 Å². The van der Waals surface area contributed by atoms with E-state index in [1.807, 2.05) is 0 Å². The molecular weight excluding hydrogens is 232 g/mol. The number of rotatable bonds is 4. The van der Waals surface area contributed by atoms with Crippen LogP contribution >= 0.6 is 0 Å². The zero-order valence-electron chi connectivity index (χ0n) is 13.2. The van der Waals surface area contributed by atoms with Gasteiger partial charge >= 0.3 is 0 Å². The van der Waals surface area contributed by atoms with E-state index in [0.717, 1.165) is 11.8 Å². The quantitative estimate of drug-likeness (QED) is 0.837. The molecule has 2 unspecified atom stereocenters. The van der Waals surface area contributed by atoms with E-state index in [0.29, 0.717) is 11.1 Å². The standard InChI is InChI=1S/C17H32N2/c1-4-14(2)11-19-13-16(3,15-7-8-15)18-12-17(19)9-5-6-10-17/h14-15,18H,4-13H2,1-3H3. The number of hydrogen-bond donors (Lipinski definition) is 1. The molecule has 2 heteroatoms. The Labute approximate surface area is 119 Å². The lowest BCUT2D eigenvalue weighted by molar-refractivity contribution is -0.00380. The van der Waals surface area contributed by atoms with Gasteiger partial charge in [0.2, 0.25) is 0 Å². The van der Waals surface area contributed by atoms with Crippen LogP contribution in [-0.2, 0) is 0 Å². The zero-order chi connectivity index (χ0) is 13.5. The van der Waals surface area contributed by atoms with Crippen molar-refractivity contribution in [2.24, 2.45) is 11.8 Å². The van der Waals surface area contributed by atoms with Crippen molar-refractivity contribution >= 4 is 0 Å².